The molecule has 4 heteroatoms. The lowest BCUT2D eigenvalue weighted by atomic mass is 10.0. The van der Waals surface area contributed by atoms with E-state index in [1.54, 1.807) is 7.11 Å². The Kier molecular flexibility index (Phi) is 3.62. The molecule has 21 heavy (non-hydrogen) atoms. The lowest BCUT2D eigenvalue weighted by molar-refractivity contribution is 0.415. The van der Waals surface area contributed by atoms with Crippen LogP contribution in [-0.2, 0) is 0 Å². The summed E-state index contributed by atoms with van der Waals surface area (Å²) in [5.74, 6) is 1.57. The Morgan fingerprint density at radius 1 is 1.14 bits per heavy atom. The van der Waals surface area contributed by atoms with Gasteiger partial charge in [0.25, 0.3) is 0 Å². The fraction of sp³-hybridized carbons (Fsp3) is 0.176. The summed E-state index contributed by atoms with van der Waals surface area (Å²) in [4.78, 5) is 0. The molecule has 3 aromatic rings. The van der Waals surface area contributed by atoms with Crippen LogP contribution in [0.4, 0.5) is 0 Å². The first-order valence-electron chi connectivity index (χ1n) is 6.68. The van der Waals surface area contributed by atoms with Gasteiger partial charge in [0.05, 0.1) is 13.2 Å². The number of benzene rings is 2. The molecule has 0 spiro atoms. The van der Waals surface area contributed by atoms with Crippen molar-refractivity contribution in [1.82, 2.24) is 0 Å². The summed E-state index contributed by atoms with van der Waals surface area (Å²) in [5, 5.41) is 1.71. The Balaban J connectivity index is 2.07. The molecule has 0 saturated heterocycles. The van der Waals surface area contributed by atoms with Crippen LogP contribution < -0.4 is 10.5 Å². The number of aryl methyl sites for hydroxylation is 1. The second-order valence-corrected chi connectivity index (χ2v) is 5.42. The Hall–Kier alpha value is -1.97. The van der Waals surface area contributed by atoms with Crippen LogP contribution in [0.25, 0.3) is 11.0 Å². The van der Waals surface area contributed by atoms with Crippen molar-refractivity contribution in [3.05, 3.63) is 64.4 Å². The van der Waals surface area contributed by atoms with Gasteiger partial charge in [0.1, 0.15) is 17.1 Å². The van der Waals surface area contributed by atoms with Gasteiger partial charge in [0.2, 0.25) is 0 Å². The van der Waals surface area contributed by atoms with Crippen LogP contribution >= 0.6 is 11.6 Å². The molecule has 1 atom stereocenters. The van der Waals surface area contributed by atoms with E-state index >= 15 is 0 Å². The van der Waals surface area contributed by atoms with Gasteiger partial charge >= 0.3 is 0 Å². The predicted molar refractivity (Wildman–Crippen MR) is 85.0 cm³/mol. The molecule has 0 radical (unpaired) electrons. The molecule has 0 saturated carbocycles. The van der Waals surface area contributed by atoms with Crippen molar-refractivity contribution in [1.29, 1.82) is 0 Å². The van der Waals surface area contributed by atoms with Gasteiger partial charge in [-0.3, -0.25) is 0 Å². The van der Waals surface area contributed by atoms with E-state index in [1.165, 1.54) is 0 Å². The highest BCUT2D eigenvalue weighted by Gasteiger charge is 2.19. The fourth-order valence-electron chi connectivity index (χ4n) is 2.46. The molecule has 1 heterocycles. The number of fused-ring (bicyclic) bond motifs is 1. The van der Waals surface area contributed by atoms with E-state index < -0.39 is 0 Å². The molecular formula is C17H16ClNO2. The van der Waals surface area contributed by atoms with Crippen LogP contribution in [0.1, 0.15) is 22.9 Å². The van der Waals surface area contributed by atoms with Crippen LogP contribution in [-0.4, -0.2) is 7.11 Å². The molecule has 0 aliphatic carbocycles. The maximum absolute atomic E-state index is 6.33. The second kappa shape index (κ2) is 5.43. The number of nitrogens with two attached hydrogens (primary N) is 1. The molecule has 0 fully saturated rings. The molecule has 0 aliphatic heterocycles. The molecule has 3 nitrogen and oxygen atoms in total. The van der Waals surface area contributed by atoms with Gasteiger partial charge in [-0.25, -0.2) is 0 Å². The Labute approximate surface area is 128 Å². The van der Waals surface area contributed by atoms with Crippen LogP contribution in [0.2, 0.25) is 5.02 Å². The minimum absolute atomic E-state index is 0.319. The first-order chi connectivity index (χ1) is 10.1. The highest BCUT2D eigenvalue weighted by Crippen LogP contribution is 2.33. The third kappa shape index (κ3) is 2.50. The number of furan rings is 1. The van der Waals surface area contributed by atoms with E-state index in [-0.39, 0.29) is 6.04 Å². The van der Waals surface area contributed by atoms with Gasteiger partial charge in [-0.15, -0.1) is 0 Å². The largest absolute Gasteiger partial charge is 0.497 e. The molecule has 1 unspecified atom stereocenters. The predicted octanol–water partition coefficient (Wildman–Crippen LogP) is 4.45. The topological polar surface area (TPSA) is 48.4 Å². The highest BCUT2D eigenvalue weighted by molar-refractivity contribution is 6.30. The molecule has 0 aliphatic rings. The average molecular weight is 302 g/mol. The van der Waals surface area contributed by atoms with Gasteiger partial charge in [-0.2, -0.15) is 0 Å². The maximum Gasteiger partial charge on any atom is 0.134 e. The lowest BCUT2D eigenvalue weighted by Gasteiger charge is -2.10. The molecule has 108 valence electrons. The zero-order valence-corrected chi connectivity index (χ0v) is 12.6. The summed E-state index contributed by atoms with van der Waals surface area (Å²) >= 11 is 5.91. The van der Waals surface area contributed by atoms with Crippen LogP contribution in [0, 0.1) is 6.92 Å². The number of ether oxygens (including phenoxy) is 1. The number of hydrogen-bond donors (Lipinski definition) is 1. The van der Waals surface area contributed by atoms with Crippen molar-refractivity contribution in [2.45, 2.75) is 13.0 Å². The number of methoxy groups -OCH3 is 1. The van der Waals surface area contributed by atoms with Crippen LogP contribution in [0.3, 0.4) is 0 Å². The van der Waals surface area contributed by atoms with E-state index in [0.29, 0.717) is 5.02 Å². The van der Waals surface area contributed by atoms with Gasteiger partial charge < -0.3 is 14.9 Å². The smallest absolute Gasteiger partial charge is 0.134 e. The van der Waals surface area contributed by atoms with Gasteiger partial charge in [0.15, 0.2) is 0 Å². The van der Waals surface area contributed by atoms with E-state index in [0.717, 1.165) is 33.6 Å². The summed E-state index contributed by atoms with van der Waals surface area (Å²) < 4.78 is 11.2. The van der Waals surface area contributed by atoms with E-state index in [9.17, 15) is 0 Å². The summed E-state index contributed by atoms with van der Waals surface area (Å²) in [6, 6.07) is 12.9. The number of rotatable bonds is 3. The monoisotopic (exact) mass is 301 g/mol. The number of hydrogen-bond acceptors (Lipinski definition) is 3. The molecule has 2 aromatic carbocycles. The van der Waals surface area contributed by atoms with Crippen LogP contribution in [0.15, 0.2) is 46.9 Å². The molecule has 0 amide bonds. The molecule has 0 bridgehead atoms. The Bertz CT molecular complexity index is 777. The van der Waals surface area contributed by atoms with Crippen molar-refractivity contribution in [3.8, 4) is 5.75 Å². The number of halogens is 1. The van der Waals surface area contributed by atoms with Gasteiger partial charge in [-0.1, -0.05) is 23.7 Å². The minimum Gasteiger partial charge on any atom is -0.497 e. The zero-order chi connectivity index (χ0) is 15.0. The standard InChI is InChI=1S/C17H16ClNO2/c1-10-14-9-13(20-2)7-8-15(14)21-17(10)16(19)11-3-5-12(18)6-4-11/h3-9,16H,19H2,1-2H3. The average Bonchev–Trinajstić information content (AvgIpc) is 2.84. The van der Waals surface area contributed by atoms with Crippen molar-refractivity contribution in [2.75, 3.05) is 7.11 Å². The third-order valence-corrected chi connectivity index (χ3v) is 3.94. The van der Waals surface area contributed by atoms with E-state index in [2.05, 4.69) is 0 Å². The van der Waals surface area contributed by atoms with E-state index in [1.807, 2.05) is 49.4 Å². The first kappa shape index (κ1) is 14.0. The molecule has 2 N–H and O–H groups in total. The minimum atomic E-state index is -0.319. The van der Waals surface area contributed by atoms with Crippen LogP contribution in [0.5, 0.6) is 5.75 Å². The van der Waals surface area contributed by atoms with Crippen molar-refractivity contribution >= 4 is 22.6 Å². The molecular weight excluding hydrogens is 286 g/mol. The molecule has 1 aromatic heterocycles. The Morgan fingerprint density at radius 2 is 1.86 bits per heavy atom. The van der Waals surface area contributed by atoms with Crippen molar-refractivity contribution < 1.29 is 9.15 Å². The summed E-state index contributed by atoms with van der Waals surface area (Å²) in [6.45, 7) is 2.01. The summed E-state index contributed by atoms with van der Waals surface area (Å²) in [5.41, 5.74) is 9.15. The third-order valence-electron chi connectivity index (χ3n) is 3.69. The molecule has 3 rings (SSSR count). The highest BCUT2D eigenvalue weighted by atomic mass is 35.5. The van der Waals surface area contributed by atoms with Crippen molar-refractivity contribution in [2.24, 2.45) is 5.73 Å². The first-order valence-corrected chi connectivity index (χ1v) is 7.06. The normalized spacial score (nSPS) is 12.6. The second-order valence-electron chi connectivity index (χ2n) is 4.98. The van der Waals surface area contributed by atoms with E-state index in [4.69, 9.17) is 26.5 Å². The fourth-order valence-corrected chi connectivity index (χ4v) is 2.59. The zero-order valence-electron chi connectivity index (χ0n) is 11.9. The summed E-state index contributed by atoms with van der Waals surface area (Å²) in [6.07, 6.45) is 0. The Morgan fingerprint density at radius 3 is 2.52 bits per heavy atom. The van der Waals surface area contributed by atoms with Gasteiger partial charge in [-0.05, 0) is 42.8 Å². The quantitative estimate of drug-likeness (QED) is 0.777. The lowest BCUT2D eigenvalue weighted by Crippen LogP contribution is -2.11. The summed E-state index contributed by atoms with van der Waals surface area (Å²) in [7, 11) is 1.65. The van der Waals surface area contributed by atoms with Gasteiger partial charge in [0, 0.05) is 16.0 Å². The van der Waals surface area contributed by atoms with Crippen molar-refractivity contribution in [3.63, 3.8) is 0 Å². The SMILES string of the molecule is COc1ccc2oc(C(N)c3ccc(Cl)cc3)c(C)c2c1. The maximum atomic E-state index is 6.33.